The number of para-hydroxylation sites is 1. The van der Waals surface area contributed by atoms with Crippen molar-refractivity contribution in [1.29, 1.82) is 0 Å². The van der Waals surface area contributed by atoms with Crippen LogP contribution in [0.5, 0.6) is 0 Å². The van der Waals surface area contributed by atoms with Gasteiger partial charge in [0.2, 0.25) is 10.0 Å². The Bertz CT molecular complexity index is 473. The standard InChI is InChI=1S/C11H14BrNO2S/c12-9-16(14,15)13-8-4-3-6-10-5-1-2-7-11(10)13/h1-2,5,7H,3-4,6,8-9H2. The molecule has 0 aliphatic carbocycles. The number of halogens is 1. The number of fused-ring (bicyclic) bond motifs is 1. The summed E-state index contributed by atoms with van der Waals surface area (Å²) in [6, 6.07) is 7.75. The first-order valence-corrected chi connectivity index (χ1v) is 8.02. The van der Waals surface area contributed by atoms with Gasteiger partial charge in [-0.15, -0.1) is 0 Å². The van der Waals surface area contributed by atoms with E-state index < -0.39 is 10.0 Å². The van der Waals surface area contributed by atoms with Crippen molar-refractivity contribution in [2.45, 2.75) is 19.3 Å². The largest absolute Gasteiger partial charge is 0.269 e. The third-order valence-corrected chi connectivity index (χ3v) is 5.85. The summed E-state index contributed by atoms with van der Waals surface area (Å²) >= 11 is 3.05. The molecule has 1 aromatic rings. The van der Waals surface area contributed by atoms with Crippen LogP contribution in [0.4, 0.5) is 5.69 Å². The number of benzene rings is 1. The van der Waals surface area contributed by atoms with Crippen molar-refractivity contribution >= 4 is 31.6 Å². The molecule has 1 heterocycles. The van der Waals surface area contributed by atoms with Gasteiger partial charge in [0, 0.05) is 6.54 Å². The van der Waals surface area contributed by atoms with E-state index in [1.807, 2.05) is 24.3 Å². The number of sulfonamides is 1. The Morgan fingerprint density at radius 3 is 2.75 bits per heavy atom. The maximum Gasteiger partial charge on any atom is 0.245 e. The third kappa shape index (κ3) is 2.25. The summed E-state index contributed by atoms with van der Waals surface area (Å²) in [5.74, 6) is 0. The molecular weight excluding hydrogens is 290 g/mol. The van der Waals surface area contributed by atoms with Crippen LogP contribution in [0.1, 0.15) is 18.4 Å². The molecule has 0 unspecified atom stereocenters. The number of alkyl halides is 1. The molecule has 5 heteroatoms. The Hall–Kier alpha value is -0.550. The fraction of sp³-hybridized carbons (Fsp3) is 0.455. The molecule has 1 aromatic carbocycles. The summed E-state index contributed by atoms with van der Waals surface area (Å²) in [6.45, 7) is 0.588. The highest BCUT2D eigenvalue weighted by molar-refractivity contribution is 9.10. The first-order chi connectivity index (χ1) is 7.65. The van der Waals surface area contributed by atoms with E-state index in [1.54, 1.807) is 0 Å². The Labute approximate surface area is 105 Å². The van der Waals surface area contributed by atoms with Crippen LogP contribution in [0.15, 0.2) is 24.3 Å². The Morgan fingerprint density at radius 2 is 2.00 bits per heavy atom. The highest BCUT2D eigenvalue weighted by Gasteiger charge is 2.24. The predicted octanol–water partition coefficient (Wildman–Crippen LogP) is 2.51. The zero-order valence-corrected chi connectivity index (χ0v) is 11.3. The molecule has 0 saturated heterocycles. The van der Waals surface area contributed by atoms with Gasteiger partial charge in [-0.25, -0.2) is 8.42 Å². The first kappa shape index (κ1) is 11.9. The van der Waals surface area contributed by atoms with Crippen LogP contribution >= 0.6 is 15.9 Å². The molecule has 1 aliphatic heterocycles. The maximum absolute atomic E-state index is 11.9. The van der Waals surface area contributed by atoms with E-state index in [4.69, 9.17) is 0 Å². The average Bonchev–Trinajstić information content (AvgIpc) is 2.51. The van der Waals surface area contributed by atoms with Crippen LogP contribution in [-0.2, 0) is 16.4 Å². The molecule has 0 saturated carbocycles. The van der Waals surface area contributed by atoms with Gasteiger partial charge in [0.1, 0.15) is 4.66 Å². The third-order valence-electron chi connectivity index (χ3n) is 2.79. The van der Waals surface area contributed by atoms with Gasteiger partial charge in [0.05, 0.1) is 5.69 Å². The molecule has 16 heavy (non-hydrogen) atoms. The van der Waals surface area contributed by atoms with E-state index in [9.17, 15) is 8.42 Å². The highest BCUT2D eigenvalue weighted by atomic mass is 79.9. The highest BCUT2D eigenvalue weighted by Crippen LogP contribution is 2.28. The van der Waals surface area contributed by atoms with Crippen molar-refractivity contribution in [3.63, 3.8) is 0 Å². The lowest BCUT2D eigenvalue weighted by Crippen LogP contribution is -2.32. The molecule has 1 aliphatic rings. The SMILES string of the molecule is O=S(=O)(CBr)N1CCCCc2ccccc21. The Balaban J connectivity index is 2.48. The number of hydrogen-bond acceptors (Lipinski definition) is 2. The number of anilines is 1. The van der Waals surface area contributed by atoms with Crippen LogP contribution in [0.3, 0.4) is 0 Å². The average molecular weight is 304 g/mol. The summed E-state index contributed by atoms with van der Waals surface area (Å²) in [6.07, 6.45) is 2.93. The van der Waals surface area contributed by atoms with Gasteiger partial charge >= 0.3 is 0 Å². The number of rotatable bonds is 2. The van der Waals surface area contributed by atoms with Gasteiger partial charge in [0.25, 0.3) is 0 Å². The lowest BCUT2D eigenvalue weighted by Gasteiger charge is -2.23. The van der Waals surface area contributed by atoms with E-state index in [0.29, 0.717) is 6.54 Å². The molecular formula is C11H14BrNO2S. The molecule has 3 nitrogen and oxygen atoms in total. The van der Waals surface area contributed by atoms with Gasteiger partial charge in [-0.05, 0) is 30.9 Å². The summed E-state index contributed by atoms with van der Waals surface area (Å²) in [5, 5.41) is 0. The quantitative estimate of drug-likeness (QED) is 0.787. The second-order valence-electron chi connectivity index (χ2n) is 3.88. The second kappa shape index (κ2) is 4.75. The lowest BCUT2D eigenvalue weighted by atomic mass is 10.1. The molecule has 0 bridgehead atoms. The number of hydrogen-bond donors (Lipinski definition) is 0. The summed E-state index contributed by atoms with van der Waals surface area (Å²) in [4.78, 5) is 0. The minimum Gasteiger partial charge on any atom is -0.269 e. The molecule has 0 N–H and O–H groups in total. The van der Waals surface area contributed by atoms with E-state index >= 15 is 0 Å². The van der Waals surface area contributed by atoms with E-state index in [0.717, 1.165) is 30.5 Å². The van der Waals surface area contributed by atoms with Gasteiger partial charge in [-0.3, -0.25) is 4.31 Å². The zero-order valence-electron chi connectivity index (χ0n) is 8.89. The number of aryl methyl sites for hydroxylation is 1. The van der Waals surface area contributed by atoms with Crippen LogP contribution in [0, 0.1) is 0 Å². The van der Waals surface area contributed by atoms with Crippen LogP contribution in [0.25, 0.3) is 0 Å². The first-order valence-electron chi connectivity index (χ1n) is 5.29. The topological polar surface area (TPSA) is 37.4 Å². The van der Waals surface area contributed by atoms with Crippen molar-refractivity contribution in [2.75, 3.05) is 15.5 Å². The van der Waals surface area contributed by atoms with Gasteiger partial charge in [0.15, 0.2) is 0 Å². The second-order valence-corrected chi connectivity index (χ2v) is 7.08. The monoisotopic (exact) mass is 303 g/mol. The van der Waals surface area contributed by atoms with E-state index in [1.165, 1.54) is 4.31 Å². The maximum atomic E-state index is 11.9. The lowest BCUT2D eigenvalue weighted by molar-refractivity contribution is 0.594. The van der Waals surface area contributed by atoms with Gasteiger partial charge < -0.3 is 0 Å². The van der Waals surface area contributed by atoms with Crippen LogP contribution in [-0.4, -0.2) is 19.6 Å². The Kier molecular flexibility index (Phi) is 3.54. The number of nitrogens with zero attached hydrogens (tertiary/aromatic N) is 1. The molecule has 0 radical (unpaired) electrons. The van der Waals surface area contributed by atoms with Crippen LogP contribution in [0.2, 0.25) is 0 Å². The molecule has 2 rings (SSSR count). The summed E-state index contributed by atoms with van der Waals surface area (Å²) < 4.78 is 25.4. The van der Waals surface area contributed by atoms with Crippen molar-refractivity contribution in [2.24, 2.45) is 0 Å². The summed E-state index contributed by atoms with van der Waals surface area (Å²) in [5.41, 5.74) is 1.98. The van der Waals surface area contributed by atoms with E-state index in [-0.39, 0.29) is 4.66 Å². The molecule has 88 valence electrons. The van der Waals surface area contributed by atoms with Gasteiger partial charge in [-0.2, -0.15) is 0 Å². The molecule has 0 amide bonds. The zero-order chi connectivity index (χ0) is 11.6. The smallest absolute Gasteiger partial charge is 0.245 e. The minimum absolute atomic E-state index is 0.0195. The molecule has 0 spiro atoms. The van der Waals surface area contributed by atoms with Crippen molar-refractivity contribution in [1.82, 2.24) is 0 Å². The predicted molar refractivity (Wildman–Crippen MR) is 69.4 cm³/mol. The fourth-order valence-electron chi connectivity index (χ4n) is 2.00. The van der Waals surface area contributed by atoms with Crippen LogP contribution < -0.4 is 4.31 Å². The molecule has 0 aromatic heterocycles. The fourth-order valence-corrected chi connectivity index (χ4v) is 3.75. The Morgan fingerprint density at radius 1 is 1.25 bits per heavy atom. The molecule has 0 fully saturated rings. The molecule has 0 atom stereocenters. The minimum atomic E-state index is -3.21. The van der Waals surface area contributed by atoms with Crippen molar-refractivity contribution in [3.05, 3.63) is 29.8 Å². The summed E-state index contributed by atoms with van der Waals surface area (Å²) in [7, 11) is -3.21. The van der Waals surface area contributed by atoms with Crippen molar-refractivity contribution in [3.8, 4) is 0 Å². The normalized spacial score (nSPS) is 16.7. The van der Waals surface area contributed by atoms with E-state index in [2.05, 4.69) is 15.9 Å². The van der Waals surface area contributed by atoms with Gasteiger partial charge in [-0.1, -0.05) is 34.1 Å². The van der Waals surface area contributed by atoms with Crippen molar-refractivity contribution < 1.29 is 8.42 Å².